The SMILES string of the molecule is CCOC(=O)C1CN(C2=C(F)C=C3C(=O)C(C(=O)O)=CN(c4ncns4)C3N2C)C1. The van der Waals surface area contributed by atoms with Crippen molar-refractivity contribution < 1.29 is 28.6 Å². The average molecular weight is 435 g/mol. The van der Waals surface area contributed by atoms with Crippen molar-refractivity contribution in [1.82, 2.24) is 19.2 Å². The molecule has 0 spiro atoms. The third kappa shape index (κ3) is 3.12. The van der Waals surface area contributed by atoms with Crippen molar-refractivity contribution in [3.63, 3.8) is 0 Å². The summed E-state index contributed by atoms with van der Waals surface area (Å²) in [4.78, 5) is 45.0. The summed E-state index contributed by atoms with van der Waals surface area (Å²) in [5, 5.41) is 9.77. The molecule has 12 heteroatoms. The molecule has 0 amide bonds. The molecule has 4 rings (SSSR count). The van der Waals surface area contributed by atoms with Crippen LogP contribution in [0.25, 0.3) is 0 Å². The number of ether oxygens (including phenoxy) is 1. The third-order valence-electron chi connectivity index (χ3n) is 5.12. The maximum atomic E-state index is 15.0. The van der Waals surface area contributed by atoms with Gasteiger partial charge in [-0.1, -0.05) is 0 Å². The number of likely N-dealkylation sites (tertiary alicyclic amines) is 1. The van der Waals surface area contributed by atoms with Gasteiger partial charge < -0.3 is 19.6 Å². The number of aromatic nitrogens is 2. The van der Waals surface area contributed by atoms with E-state index in [0.717, 1.165) is 17.6 Å². The highest BCUT2D eigenvalue weighted by molar-refractivity contribution is 7.09. The number of esters is 1. The zero-order valence-electron chi connectivity index (χ0n) is 16.1. The first-order valence-corrected chi connectivity index (χ1v) is 9.91. The fourth-order valence-corrected chi connectivity index (χ4v) is 4.27. The number of halogens is 1. The van der Waals surface area contributed by atoms with E-state index in [-0.39, 0.29) is 43.0 Å². The first kappa shape index (κ1) is 20.0. The number of rotatable bonds is 5. The normalized spacial score (nSPS) is 21.8. The van der Waals surface area contributed by atoms with Crippen molar-refractivity contribution in [2.24, 2.45) is 5.92 Å². The van der Waals surface area contributed by atoms with E-state index in [1.165, 1.54) is 17.4 Å². The number of carboxylic acid groups (broad SMARTS) is 1. The standard InChI is InChI=1S/C18H18FN5O5S/c1-3-29-17(28)9-5-23(6-9)15-12(19)4-10-13(25)11(16(26)27)7-24(14(10)22(15)2)18-20-8-21-30-18/h4,7-9,14H,3,5-6H2,1-2H3,(H,26,27). The van der Waals surface area contributed by atoms with Gasteiger partial charge in [0.25, 0.3) is 0 Å². The number of ketones is 1. The maximum absolute atomic E-state index is 15.0. The summed E-state index contributed by atoms with van der Waals surface area (Å²) in [7, 11) is 1.60. The molecule has 1 aromatic rings. The molecule has 1 N–H and O–H groups in total. The number of hydrogen-bond donors (Lipinski definition) is 1. The molecule has 30 heavy (non-hydrogen) atoms. The van der Waals surface area contributed by atoms with Crippen molar-refractivity contribution in [2.75, 3.05) is 31.6 Å². The van der Waals surface area contributed by atoms with Crippen molar-refractivity contribution in [3.05, 3.63) is 41.4 Å². The Balaban J connectivity index is 1.69. The van der Waals surface area contributed by atoms with Gasteiger partial charge in [0, 0.05) is 43.4 Å². The fraction of sp³-hybridized carbons (Fsp3) is 0.389. The second kappa shape index (κ2) is 7.52. The molecule has 0 aliphatic carbocycles. The number of nitrogens with zero attached hydrogens (tertiary/aromatic N) is 5. The fourth-order valence-electron chi connectivity index (χ4n) is 3.74. The van der Waals surface area contributed by atoms with Gasteiger partial charge in [0.05, 0.1) is 12.5 Å². The van der Waals surface area contributed by atoms with Gasteiger partial charge in [-0.25, -0.2) is 14.2 Å². The molecule has 3 aliphatic rings. The van der Waals surface area contributed by atoms with E-state index in [1.54, 1.807) is 23.8 Å². The molecule has 0 aromatic carbocycles. The summed E-state index contributed by atoms with van der Waals surface area (Å²) >= 11 is 1.02. The lowest BCUT2D eigenvalue weighted by atomic mass is 9.92. The summed E-state index contributed by atoms with van der Waals surface area (Å²) in [6, 6.07) is 0. The highest BCUT2D eigenvalue weighted by atomic mass is 32.1. The molecule has 0 radical (unpaired) electrons. The van der Waals surface area contributed by atoms with Gasteiger partial charge >= 0.3 is 11.9 Å². The van der Waals surface area contributed by atoms with Gasteiger partial charge in [-0.2, -0.15) is 4.37 Å². The minimum atomic E-state index is -1.41. The number of likely N-dealkylation sites (N-methyl/N-ethyl adjacent to an activating group) is 1. The van der Waals surface area contributed by atoms with Crippen molar-refractivity contribution >= 4 is 34.4 Å². The third-order valence-corrected chi connectivity index (χ3v) is 5.79. The van der Waals surface area contributed by atoms with Crippen LogP contribution in [0.5, 0.6) is 0 Å². The molecule has 3 aliphatic heterocycles. The quantitative estimate of drug-likeness (QED) is 0.524. The highest BCUT2D eigenvalue weighted by Crippen LogP contribution is 2.39. The molecule has 4 heterocycles. The van der Waals surface area contributed by atoms with Crippen LogP contribution in [-0.4, -0.2) is 74.9 Å². The first-order chi connectivity index (χ1) is 14.3. The predicted octanol–water partition coefficient (Wildman–Crippen LogP) is 0.727. The molecular weight excluding hydrogens is 417 g/mol. The highest BCUT2D eigenvalue weighted by Gasteiger charge is 2.46. The Bertz CT molecular complexity index is 999. The summed E-state index contributed by atoms with van der Waals surface area (Å²) < 4.78 is 24.0. The minimum Gasteiger partial charge on any atom is -0.477 e. The molecule has 1 aromatic heterocycles. The monoisotopic (exact) mass is 435 g/mol. The van der Waals surface area contributed by atoms with Crippen LogP contribution in [0.15, 0.2) is 41.4 Å². The topological polar surface area (TPSA) is 116 Å². The van der Waals surface area contributed by atoms with Crippen molar-refractivity contribution in [2.45, 2.75) is 13.1 Å². The molecule has 1 unspecified atom stereocenters. The van der Waals surface area contributed by atoms with Gasteiger partial charge in [-0.3, -0.25) is 14.5 Å². The Morgan fingerprint density at radius 3 is 2.73 bits per heavy atom. The first-order valence-electron chi connectivity index (χ1n) is 9.14. The number of anilines is 1. The summed E-state index contributed by atoms with van der Waals surface area (Å²) in [5.41, 5.74) is -0.500. The minimum absolute atomic E-state index is 0.0173. The number of fused-ring (bicyclic) bond motifs is 1. The Morgan fingerprint density at radius 2 is 2.13 bits per heavy atom. The van der Waals surface area contributed by atoms with Crippen molar-refractivity contribution in [3.8, 4) is 0 Å². The number of carbonyl (C=O) groups is 3. The van der Waals surface area contributed by atoms with Crippen LogP contribution in [0, 0.1) is 5.92 Å². The lowest BCUT2D eigenvalue weighted by Crippen LogP contribution is -2.59. The second-order valence-corrected chi connectivity index (χ2v) is 7.68. The molecule has 1 saturated heterocycles. The molecule has 1 fully saturated rings. The van der Waals surface area contributed by atoms with Crippen LogP contribution >= 0.6 is 11.5 Å². The Hall–Kier alpha value is -3.28. The maximum Gasteiger partial charge on any atom is 0.341 e. The van der Waals surface area contributed by atoms with E-state index < -0.39 is 29.3 Å². The van der Waals surface area contributed by atoms with Gasteiger partial charge in [-0.15, -0.1) is 0 Å². The van der Waals surface area contributed by atoms with E-state index in [1.807, 2.05) is 0 Å². The number of allylic oxidation sites excluding steroid dienone is 2. The van der Waals surface area contributed by atoms with Gasteiger partial charge in [0.2, 0.25) is 10.9 Å². The van der Waals surface area contributed by atoms with Crippen LogP contribution in [0.4, 0.5) is 9.52 Å². The number of aliphatic carboxylic acids is 1. The molecule has 0 bridgehead atoms. The second-order valence-electron chi connectivity index (χ2n) is 6.92. The zero-order chi connectivity index (χ0) is 21.6. The predicted molar refractivity (Wildman–Crippen MR) is 103 cm³/mol. The summed E-state index contributed by atoms with van der Waals surface area (Å²) in [6.07, 6.45) is 2.77. The number of carbonyl (C=O) groups excluding carboxylic acids is 2. The Kier molecular flexibility index (Phi) is 5.02. The van der Waals surface area contributed by atoms with E-state index in [4.69, 9.17) is 4.74 Å². The van der Waals surface area contributed by atoms with E-state index in [0.29, 0.717) is 5.13 Å². The van der Waals surface area contributed by atoms with Crippen molar-refractivity contribution in [1.29, 1.82) is 0 Å². The zero-order valence-corrected chi connectivity index (χ0v) is 16.9. The van der Waals surface area contributed by atoms with E-state index in [2.05, 4.69) is 9.36 Å². The number of Topliss-reactive ketones (excluding diaryl/α,β-unsaturated/α-hetero) is 1. The van der Waals surface area contributed by atoms with Crippen LogP contribution in [0.3, 0.4) is 0 Å². The van der Waals surface area contributed by atoms with Gasteiger partial charge in [-0.05, 0) is 13.0 Å². The molecule has 158 valence electrons. The molecular formula is C18H18FN5O5S. The smallest absolute Gasteiger partial charge is 0.341 e. The van der Waals surface area contributed by atoms with E-state index >= 15 is 4.39 Å². The van der Waals surface area contributed by atoms with Crippen LogP contribution in [0.2, 0.25) is 0 Å². The molecule has 0 saturated carbocycles. The average Bonchev–Trinajstić information content (AvgIpc) is 3.18. The summed E-state index contributed by atoms with van der Waals surface area (Å²) in [5.74, 6) is -3.33. The van der Waals surface area contributed by atoms with Gasteiger partial charge in [0.1, 0.15) is 23.9 Å². The lowest BCUT2D eigenvalue weighted by Gasteiger charge is -2.49. The Morgan fingerprint density at radius 1 is 1.40 bits per heavy atom. The largest absolute Gasteiger partial charge is 0.477 e. The van der Waals surface area contributed by atoms with Crippen LogP contribution < -0.4 is 4.90 Å². The van der Waals surface area contributed by atoms with E-state index in [9.17, 15) is 19.5 Å². The lowest BCUT2D eigenvalue weighted by molar-refractivity contribution is -0.153. The number of hydrogen-bond acceptors (Lipinski definition) is 10. The summed E-state index contributed by atoms with van der Waals surface area (Å²) in [6.45, 7) is 2.56. The number of carboxylic acids is 1. The molecule has 10 nitrogen and oxygen atoms in total. The van der Waals surface area contributed by atoms with Gasteiger partial charge in [0.15, 0.2) is 5.83 Å². The molecule has 1 atom stereocenters. The van der Waals surface area contributed by atoms with Crippen LogP contribution in [-0.2, 0) is 19.1 Å². The Labute approximate surface area is 174 Å². The van der Waals surface area contributed by atoms with Crippen LogP contribution in [0.1, 0.15) is 6.92 Å².